The van der Waals surface area contributed by atoms with Gasteiger partial charge in [0, 0.05) is 5.56 Å². The third kappa shape index (κ3) is 4.15. The van der Waals surface area contributed by atoms with Crippen molar-refractivity contribution in [3.63, 3.8) is 0 Å². The van der Waals surface area contributed by atoms with Crippen molar-refractivity contribution in [1.82, 2.24) is 5.32 Å². The lowest BCUT2D eigenvalue weighted by Gasteiger charge is -2.06. The Hall–Kier alpha value is -2.99. The van der Waals surface area contributed by atoms with Crippen LogP contribution in [0.4, 0.5) is 5.69 Å². The number of ether oxygens (including phenoxy) is 2. The average Bonchev–Trinajstić information content (AvgIpc) is 3.00. The number of nitrogens with one attached hydrogen (secondary N) is 1. The number of aliphatic imine (C=N–C) groups is 1. The van der Waals surface area contributed by atoms with Crippen LogP contribution in [-0.2, 0) is 4.79 Å². The van der Waals surface area contributed by atoms with Gasteiger partial charge in [-0.25, -0.2) is 4.99 Å². The summed E-state index contributed by atoms with van der Waals surface area (Å²) in [5.41, 5.74) is 1.49. The molecular weight excluding hydrogens is 348 g/mol. The van der Waals surface area contributed by atoms with E-state index < -0.39 is 0 Å². The van der Waals surface area contributed by atoms with Crippen LogP contribution < -0.4 is 14.8 Å². The van der Waals surface area contributed by atoms with Gasteiger partial charge < -0.3 is 14.8 Å². The second-order valence-corrected chi connectivity index (χ2v) is 6.32. The van der Waals surface area contributed by atoms with Crippen molar-refractivity contribution in [2.45, 2.75) is 0 Å². The van der Waals surface area contributed by atoms with Gasteiger partial charge in [-0.05, 0) is 36.0 Å². The first-order valence-corrected chi connectivity index (χ1v) is 8.78. The quantitative estimate of drug-likeness (QED) is 0.616. The van der Waals surface area contributed by atoms with Crippen molar-refractivity contribution in [2.24, 2.45) is 4.99 Å². The third-order valence-electron chi connectivity index (χ3n) is 3.52. The molecule has 1 aliphatic heterocycles. The molecular formula is C20H18N2O3S. The van der Waals surface area contributed by atoms with E-state index >= 15 is 0 Å². The minimum absolute atomic E-state index is 0.192. The summed E-state index contributed by atoms with van der Waals surface area (Å²) in [7, 11) is 1.59. The lowest BCUT2D eigenvalue weighted by molar-refractivity contribution is -0.115. The lowest BCUT2D eigenvalue weighted by Crippen LogP contribution is -2.19. The topological polar surface area (TPSA) is 59.9 Å². The van der Waals surface area contributed by atoms with Crippen LogP contribution in [-0.4, -0.2) is 24.8 Å². The highest BCUT2D eigenvalue weighted by molar-refractivity contribution is 8.18. The lowest BCUT2D eigenvalue weighted by atomic mass is 10.2. The number of amides is 1. The summed E-state index contributed by atoms with van der Waals surface area (Å²) in [5.74, 6) is 1.15. The fraction of sp³-hybridized carbons (Fsp3) is 0.100. The van der Waals surface area contributed by atoms with Crippen LogP contribution in [0.5, 0.6) is 11.5 Å². The Morgan fingerprint density at radius 2 is 1.88 bits per heavy atom. The maximum Gasteiger partial charge on any atom is 0.264 e. The number of methoxy groups -OCH3 is 1. The molecule has 0 aromatic heterocycles. The van der Waals surface area contributed by atoms with E-state index in [-0.39, 0.29) is 5.91 Å². The second-order valence-electron chi connectivity index (χ2n) is 5.29. The van der Waals surface area contributed by atoms with Crippen LogP contribution >= 0.6 is 11.8 Å². The normalized spacial score (nSPS) is 16.6. The molecule has 3 rings (SSSR count). The number of hydrogen-bond acceptors (Lipinski definition) is 5. The molecule has 132 valence electrons. The van der Waals surface area contributed by atoms with Gasteiger partial charge in [0.1, 0.15) is 23.8 Å². The van der Waals surface area contributed by atoms with Gasteiger partial charge in [-0.2, -0.15) is 0 Å². The van der Waals surface area contributed by atoms with Gasteiger partial charge in [-0.15, -0.1) is 0 Å². The van der Waals surface area contributed by atoms with E-state index in [1.165, 1.54) is 11.8 Å². The summed E-state index contributed by atoms with van der Waals surface area (Å²) in [6, 6.07) is 14.9. The summed E-state index contributed by atoms with van der Waals surface area (Å²) in [4.78, 5) is 17.3. The number of carbonyl (C=O) groups is 1. The fourth-order valence-corrected chi connectivity index (χ4v) is 3.16. The van der Waals surface area contributed by atoms with E-state index in [9.17, 15) is 4.79 Å². The van der Waals surface area contributed by atoms with Crippen LogP contribution in [0.25, 0.3) is 6.08 Å². The number of nitrogens with zero attached hydrogens (tertiary/aromatic N) is 1. The molecule has 0 radical (unpaired) electrons. The molecule has 0 unspecified atom stereocenters. The van der Waals surface area contributed by atoms with Crippen LogP contribution in [0.2, 0.25) is 0 Å². The number of rotatable bonds is 6. The first-order valence-electron chi connectivity index (χ1n) is 7.96. The molecule has 2 aromatic carbocycles. The average molecular weight is 366 g/mol. The zero-order valence-corrected chi connectivity index (χ0v) is 15.1. The summed E-state index contributed by atoms with van der Waals surface area (Å²) < 4.78 is 10.9. The molecule has 1 heterocycles. The summed E-state index contributed by atoms with van der Waals surface area (Å²) >= 11 is 1.28. The zero-order chi connectivity index (χ0) is 18.4. The highest BCUT2D eigenvalue weighted by Crippen LogP contribution is 2.33. The molecule has 1 N–H and O–H groups in total. The number of carbonyl (C=O) groups excluding carboxylic acids is 1. The number of thioether (sulfide) groups is 1. The maximum absolute atomic E-state index is 12.3. The van der Waals surface area contributed by atoms with Crippen LogP contribution in [0.15, 0.2) is 71.1 Å². The summed E-state index contributed by atoms with van der Waals surface area (Å²) in [5, 5.41) is 3.29. The predicted octanol–water partition coefficient (Wildman–Crippen LogP) is 4.15. The summed E-state index contributed by atoms with van der Waals surface area (Å²) in [6.07, 6.45) is 3.47. The number of amidine groups is 1. The molecule has 1 saturated heterocycles. The predicted molar refractivity (Wildman–Crippen MR) is 106 cm³/mol. The Labute approximate surface area is 156 Å². The standard InChI is InChI=1S/C20H18N2O3S/c1-3-12-25-16-10-6-4-8-14(16)13-18-19(23)22-20(26-18)21-15-9-5-7-11-17(15)24-2/h3-11,13H,1,12H2,2H3,(H,21,22,23)/b18-13-. The van der Waals surface area contributed by atoms with E-state index in [0.29, 0.717) is 33.9 Å². The highest BCUT2D eigenvalue weighted by Gasteiger charge is 2.24. The van der Waals surface area contributed by atoms with E-state index in [1.54, 1.807) is 19.3 Å². The smallest absolute Gasteiger partial charge is 0.264 e. The molecule has 0 bridgehead atoms. The van der Waals surface area contributed by atoms with Gasteiger partial charge in [0.25, 0.3) is 5.91 Å². The van der Waals surface area contributed by atoms with Gasteiger partial charge in [0.15, 0.2) is 5.17 Å². The van der Waals surface area contributed by atoms with Crippen molar-refractivity contribution >= 4 is 34.6 Å². The SMILES string of the molecule is C=CCOc1ccccc1/C=C1\SC(=Nc2ccccc2OC)NC1=O. The Balaban J connectivity index is 1.85. The van der Waals surface area contributed by atoms with Gasteiger partial charge in [0.2, 0.25) is 0 Å². The fourth-order valence-electron chi connectivity index (χ4n) is 2.33. The molecule has 0 atom stereocenters. The van der Waals surface area contributed by atoms with Crippen molar-refractivity contribution in [3.8, 4) is 11.5 Å². The van der Waals surface area contributed by atoms with Gasteiger partial charge >= 0.3 is 0 Å². The maximum atomic E-state index is 12.3. The van der Waals surface area contributed by atoms with E-state index in [0.717, 1.165) is 5.56 Å². The minimum atomic E-state index is -0.192. The number of hydrogen-bond donors (Lipinski definition) is 1. The van der Waals surface area contributed by atoms with Gasteiger partial charge in [-0.3, -0.25) is 4.79 Å². The zero-order valence-electron chi connectivity index (χ0n) is 14.3. The Kier molecular flexibility index (Phi) is 5.76. The molecule has 0 spiro atoms. The van der Waals surface area contributed by atoms with Crippen LogP contribution in [0.1, 0.15) is 5.56 Å². The first kappa shape index (κ1) is 17.8. The molecule has 6 heteroatoms. The van der Waals surface area contributed by atoms with Gasteiger partial charge in [0.05, 0.1) is 12.0 Å². The number of para-hydroxylation sites is 3. The Morgan fingerprint density at radius 1 is 1.15 bits per heavy atom. The molecule has 1 amide bonds. The molecule has 0 aliphatic carbocycles. The Morgan fingerprint density at radius 3 is 2.65 bits per heavy atom. The Bertz CT molecular complexity index is 890. The van der Waals surface area contributed by atoms with Crippen molar-refractivity contribution in [2.75, 3.05) is 13.7 Å². The van der Waals surface area contributed by atoms with Crippen LogP contribution in [0.3, 0.4) is 0 Å². The molecule has 1 aliphatic rings. The van der Waals surface area contributed by atoms with Crippen molar-refractivity contribution in [3.05, 3.63) is 71.7 Å². The van der Waals surface area contributed by atoms with Crippen molar-refractivity contribution < 1.29 is 14.3 Å². The molecule has 5 nitrogen and oxygen atoms in total. The number of benzene rings is 2. The second kappa shape index (κ2) is 8.40. The molecule has 0 saturated carbocycles. The molecule has 1 fully saturated rings. The van der Waals surface area contributed by atoms with E-state index in [4.69, 9.17) is 9.47 Å². The summed E-state index contributed by atoms with van der Waals surface area (Å²) in [6.45, 7) is 4.05. The molecule has 26 heavy (non-hydrogen) atoms. The van der Waals surface area contributed by atoms with E-state index in [2.05, 4.69) is 16.9 Å². The first-order chi connectivity index (χ1) is 12.7. The molecule has 2 aromatic rings. The highest BCUT2D eigenvalue weighted by atomic mass is 32.2. The van der Waals surface area contributed by atoms with Crippen molar-refractivity contribution in [1.29, 1.82) is 0 Å². The minimum Gasteiger partial charge on any atom is -0.494 e. The largest absolute Gasteiger partial charge is 0.494 e. The third-order valence-corrected chi connectivity index (χ3v) is 4.43. The van der Waals surface area contributed by atoms with Crippen LogP contribution in [0, 0.1) is 0 Å². The van der Waals surface area contributed by atoms with E-state index in [1.807, 2.05) is 48.5 Å². The monoisotopic (exact) mass is 366 g/mol. The van der Waals surface area contributed by atoms with Gasteiger partial charge in [-0.1, -0.05) is 43.0 Å².